The van der Waals surface area contributed by atoms with Gasteiger partial charge in [-0.15, -0.1) is 0 Å². The van der Waals surface area contributed by atoms with Crippen LogP contribution in [-0.2, 0) is 19.2 Å². The van der Waals surface area contributed by atoms with E-state index >= 15 is 0 Å². The van der Waals surface area contributed by atoms with Gasteiger partial charge in [0, 0.05) is 24.4 Å². The van der Waals surface area contributed by atoms with Gasteiger partial charge in [0.25, 0.3) is 0 Å². The Hall–Kier alpha value is -2.63. The first-order valence-electron chi connectivity index (χ1n) is 14.2. The van der Waals surface area contributed by atoms with Crippen LogP contribution in [0.2, 0.25) is 0 Å². The fourth-order valence-corrected chi connectivity index (χ4v) is 4.63. The first kappa shape index (κ1) is 42.5. The van der Waals surface area contributed by atoms with E-state index in [1.54, 1.807) is 0 Å². The summed E-state index contributed by atoms with van der Waals surface area (Å²) in [6.45, 7) is 12.8. The number of hydrogen-bond donors (Lipinski definition) is 4. The van der Waals surface area contributed by atoms with Gasteiger partial charge in [-0.2, -0.15) is 18.4 Å². The summed E-state index contributed by atoms with van der Waals surface area (Å²) in [5.74, 6) is 1.81. The number of rotatable bonds is 9. The van der Waals surface area contributed by atoms with E-state index in [0.29, 0.717) is 31.0 Å². The second-order valence-corrected chi connectivity index (χ2v) is 12.7. The Bertz CT molecular complexity index is 876. The number of carbonyl (C=O) groups excluding carboxylic acids is 4. The van der Waals surface area contributed by atoms with Crippen LogP contribution in [0.4, 0.5) is 17.6 Å². The van der Waals surface area contributed by atoms with Gasteiger partial charge in [0.1, 0.15) is 12.3 Å². The summed E-state index contributed by atoms with van der Waals surface area (Å²) in [7, 11) is 5.08. The summed E-state index contributed by atoms with van der Waals surface area (Å²) in [5.41, 5.74) is -1.14. The average molecular weight is 625 g/mol. The number of nitrogens with one attached hydrogen (secondary N) is 4. The molecule has 0 aromatic carbocycles. The quantitative estimate of drug-likeness (QED) is 0.227. The van der Waals surface area contributed by atoms with Crippen LogP contribution in [0.1, 0.15) is 60.8 Å². The summed E-state index contributed by atoms with van der Waals surface area (Å²) in [6.07, 6.45) is -1.58. The van der Waals surface area contributed by atoms with Crippen molar-refractivity contribution in [1.29, 1.82) is 5.26 Å². The zero-order chi connectivity index (χ0) is 34.1. The maximum atomic E-state index is 11.8. The molecule has 10 nitrogen and oxygen atoms in total. The number of alkyl halides is 4. The minimum atomic E-state index is -4.17. The number of piperidine rings is 1. The van der Waals surface area contributed by atoms with Gasteiger partial charge in [0.15, 0.2) is 12.0 Å². The number of nitriles is 1. The zero-order valence-corrected chi connectivity index (χ0v) is 27.0. The average Bonchev–Trinajstić information content (AvgIpc) is 3.21. The Morgan fingerprint density at radius 1 is 1.09 bits per heavy atom. The molecule has 0 radical (unpaired) electrons. The topological polar surface area (TPSA) is 143 Å². The maximum Gasteiger partial charge on any atom is 0.401 e. The summed E-state index contributed by atoms with van der Waals surface area (Å²) >= 11 is 0. The third-order valence-corrected chi connectivity index (χ3v) is 6.91. The lowest BCUT2D eigenvalue weighted by molar-refractivity contribution is -0.143. The molecule has 14 heteroatoms. The second-order valence-electron chi connectivity index (χ2n) is 12.7. The van der Waals surface area contributed by atoms with Gasteiger partial charge in [0.05, 0.1) is 12.6 Å². The molecule has 0 aromatic heterocycles. The van der Waals surface area contributed by atoms with Crippen LogP contribution in [0.25, 0.3) is 0 Å². The smallest absolute Gasteiger partial charge is 0.351 e. The molecule has 0 aromatic rings. The van der Waals surface area contributed by atoms with Crippen LogP contribution in [0.3, 0.4) is 0 Å². The van der Waals surface area contributed by atoms with Crippen molar-refractivity contribution < 1.29 is 36.7 Å². The van der Waals surface area contributed by atoms with Crippen molar-refractivity contribution in [3.8, 4) is 6.07 Å². The van der Waals surface area contributed by atoms with Crippen LogP contribution in [0.5, 0.6) is 0 Å². The van der Waals surface area contributed by atoms with Crippen molar-refractivity contribution in [3.05, 3.63) is 0 Å². The molecule has 0 bridgehead atoms. The van der Waals surface area contributed by atoms with E-state index in [0.717, 1.165) is 16.7 Å². The second kappa shape index (κ2) is 19.6. The van der Waals surface area contributed by atoms with Crippen molar-refractivity contribution in [2.75, 3.05) is 47.3 Å². The van der Waals surface area contributed by atoms with Gasteiger partial charge in [-0.05, 0) is 92.0 Å². The van der Waals surface area contributed by atoms with Crippen LogP contribution in [0.15, 0.2) is 0 Å². The highest BCUT2D eigenvalue weighted by molar-refractivity contribution is 5.82. The molecule has 4 unspecified atom stereocenters. The van der Waals surface area contributed by atoms with E-state index in [1.807, 2.05) is 34.0 Å². The molecule has 43 heavy (non-hydrogen) atoms. The summed E-state index contributed by atoms with van der Waals surface area (Å²) in [4.78, 5) is 42.0. The van der Waals surface area contributed by atoms with Crippen LogP contribution < -0.4 is 21.3 Å². The molecule has 0 spiro atoms. The third-order valence-electron chi connectivity index (χ3n) is 6.91. The van der Waals surface area contributed by atoms with Gasteiger partial charge in [-0.1, -0.05) is 13.8 Å². The fourth-order valence-electron chi connectivity index (χ4n) is 4.63. The standard InChI is InChI=1S/C10H15N3O2.C7H13N.C6H10F3NO.C4H7FO.C2H7N/c1-10(2)4-7(9(15)13-10)3-8(5-11)12-6-14;1-7(2)5-3-8-4-6(5)7;1-10(3-2-4-11)5-6(7,8)9;1-4(2,5)3-6;1-3-2/h6-8H,3-4H2,1-2H3,(H,12,14)(H,13,15);5-6,8H,3-4H2,1-2H3;4H,2-3,5H2,1H3;3H,1-2H3;3H,1-2H3. The van der Waals surface area contributed by atoms with Crippen molar-refractivity contribution in [2.24, 2.45) is 23.2 Å². The Balaban J connectivity index is 0. The van der Waals surface area contributed by atoms with Crippen LogP contribution in [-0.4, -0.2) is 101 Å². The highest BCUT2D eigenvalue weighted by atomic mass is 19.4. The molecule has 3 rings (SSSR count). The molecule has 2 saturated heterocycles. The number of nitrogens with zero attached hydrogens (tertiary/aromatic N) is 2. The van der Waals surface area contributed by atoms with Crippen molar-refractivity contribution in [3.63, 3.8) is 0 Å². The van der Waals surface area contributed by atoms with Gasteiger partial charge >= 0.3 is 6.18 Å². The molecule has 2 amide bonds. The third kappa shape index (κ3) is 20.0. The largest absolute Gasteiger partial charge is 0.401 e. The normalized spacial score (nSPS) is 22.9. The summed E-state index contributed by atoms with van der Waals surface area (Å²) in [5, 5.41) is 20.1. The summed E-state index contributed by atoms with van der Waals surface area (Å²) < 4.78 is 46.6. The maximum absolute atomic E-state index is 11.8. The fraction of sp³-hybridized carbons (Fsp3) is 0.828. The number of fused-ring (bicyclic) bond motifs is 1. The van der Waals surface area contributed by atoms with E-state index in [4.69, 9.17) is 5.26 Å². The van der Waals surface area contributed by atoms with Crippen molar-refractivity contribution >= 4 is 24.9 Å². The minimum Gasteiger partial charge on any atom is -0.351 e. The Morgan fingerprint density at radius 2 is 1.58 bits per heavy atom. The number of aldehydes is 2. The van der Waals surface area contributed by atoms with Crippen LogP contribution >= 0.6 is 0 Å². The molecule has 1 aliphatic carbocycles. The molecule has 2 aliphatic heterocycles. The molecule has 3 fully saturated rings. The molecule has 3 aliphatic rings. The lowest BCUT2D eigenvalue weighted by Gasteiger charge is -2.16. The number of amides is 2. The SMILES string of the molecule is CC(C)(F)C=O.CC1(C)C2CNCC21.CC1(C)CC(CC(C#N)NC=O)C(=O)N1.CN(CCC=O)CC(F)(F)F.CNC. The Morgan fingerprint density at radius 3 is 1.86 bits per heavy atom. The lowest BCUT2D eigenvalue weighted by atomic mass is 9.92. The minimum absolute atomic E-state index is 0.0343. The van der Waals surface area contributed by atoms with Crippen molar-refractivity contribution in [1.82, 2.24) is 26.2 Å². The first-order valence-corrected chi connectivity index (χ1v) is 14.2. The first-order chi connectivity index (χ1) is 19.6. The number of carbonyl (C=O) groups is 4. The Labute approximate surface area is 254 Å². The molecular formula is C29H52F4N6O4. The Kier molecular flexibility index (Phi) is 19.4. The van der Waals surface area contributed by atoms with E-state index in [9.17, 15) is 36.7 Å². The van der Waals surface area contributed by atoms with Crippen LogP contribution in [0, 0.1) is 34.5 Å². The van der Waals surface area contributed by atoms with E-state index in [-0.39, 0.29) is 36.6 Å². The predicted octanol–water partition coefficient (Wildman–Crippen LogP) is 2.63. The number of halogens is 4. The van der Waals surface area contributed by atoms with E-state index < -0.39 is 24.4 Å². The molecule has 1 saturated carbocycles. The van der Waals surface area contributed by atoms with Crippen molar-refractivity contribution in [2.45, 2.75) is 84.2 Å². The van der Waals surface area contributed by atoms with E-state index in [2.05, 4.69) is 35.1 Å². The molecule has 250 valence electrons. The molecule has 4 N–H and O–H groups in total. The lowest BCUT2D eigenvalue weighted by Crippen LogP contribution is -2.35. The van der Waals surface area contributed by atoms with Gasteiger partial charge in [-0.3, -0.25) is 19.3 Å². The zero-order valence-electron chi connectivity index (χ0n) is 27.0. The van der Waals surface area contributed by atoms with Gasteiger partial charge in [0.2, 0.25) is 12.3 Å². The molecule has 4 atom stereocenters. The summed E-state index contributed by atoms with van der Waals surface area (Å²) in [6, 6.07) is 1.38. The predicted molar refractivity (Wildman–Crippen MR) is 158 cm³/mol. The highest BCUT2D eigenvalue weighted by Crippen LogP contribution is 2.59. The highest BCUT2D eigenvalue weighted by Gasteiger charge is 2.59. The van der Waals surface area contributed by atoms with Gasteiger partial charge < -0.3 is 26.1 Å². The molecule has 2 heterocycles. The van der Waals surface area contributed by atoms with E-state index in [1.165, 1.54) is 34.0 Å². The van der Waals surface area contributed by atoms with Gasteiger partial charge in [-0.25, -0.2) is 4.39 Å². The number of hydrogen-bond acceptors (Lipinski definition) is 8. The monoisotopic (exact) mass is 624 g/mol. The molecular weight excluding hydrogens is 572 g/mol.